The number of nitrogens with zero attached hydrogens (tertiary/aromatic N) is 1. The van der Waals surface area contributed by atoms with Crippen molar-refractivity contribution in [2.75, 3.05) is 5.32 Å². The van der Waals surface area contributed by atoms with Gasteiger partial charge >= 0.3 is 0 Å². The van der Waals surface area contributed by atoms with Crippen molar-refractivity contribution in [3.8, 4) is 22.6 Å². The Labute approximate surface area is 173 Å². The third kappa shape index (κ3) is 4.11. The highest BCUT2D eigenvalue weighted by atomic mass is 35.5. The summed E-state index contributed by atoms with van der Waals surface area (Å²) in [5, 5.41) is 7.65. The second-order valence-corrected chi connectivity index (χ2v) is 7.45. The van der Waals surface area contributed by atoms with Gasteiger partial charge in [-0.1, -0.05) is 75.3 Å². The van der Waals surface area contributed by atoms with E-state index in [0.29, 0.717) is 38.3 Å². The lowest BCUT2D eigenvalue weighted by Crippen LogP contribution is -2.18. The van der Waals surface area contributed by atoms with Crippen LogP contribution in [0.2, 0.25) is 15.1 Å². The molecule has 0 fully saturated rings. The molecule has 0 atom stereocenters. The Hall–Kier alpha value is -1.43. The Morgan fingerprint density at radius 2 is 1.77 bits per heavy atom. The van der Waals surface area contributed by atoms with Crippen molar-refractivity contribution in [3.63, 3.8) is 0 Å². The first-order valence-electron chi connectivity index (χ1n) is 7.17. The summed E-state index contributed by atoms with van der Waals surface area (Å²) in [4.78, 5) is 10.4. The number of rotatable bonds is 4. The molecule has 3 aromatic rings. The topological polar surface area (TPSA) is 55.1 Å². The predicted molar refractivity (Wildman–Crippen MR) is 107 cm³/mol. The normalized spacial score (nSPS) is 11.0. The summed E-state index contributed by atoms with van der Waals surface area (Å²) in [6, 6.07) is 11.8. The number of anilines is 1. The van der Waals surface area contributed by atoms with Crippen molar-refractivity contribution in [1.29, 1.82) is 0 Å². The number of benzene rings is 2. The number of hydrogen-bond acceptors (Lipinski definition) is 3. The van der Waals surface area contributed by atoms with Crippen LogP contribution >= 0.6 is 58.0 Å². The van der Waals surface area contributed by atoms with E-state index in [-0.39, 0.29) is 5.02 Å². The van der Waals surface area contributed by atoms with Crippen molar-refractivity contribution in [1.82, 2.24) is 5.16 Å². The molecule has 0 saturated heterocycles. The molecule has 0 unspecified atom stereocenters. The Balaban J connectivity index is 1.94. The van der Waals surface area contributed by atoms with Gasteiger partial charge in [0.15, 0.2) is 10.6 Å². The summed E-state index contributed by atoms with van der Waals surface area (Å²) in [5.74, 6) is -0.0715. The van der Waals surface area contributed by atoms with Gasteiger partial charge in [0.25, 0.3) is 5.91 Å². The first kappa shape index (κ1) is 19.3. The zero-order valence-corrected chi connectivity index (χ0v) is 16.6. The number of aromatic nitrogens is 1. The fourth-order valence-corrected chi connectivity index (χ4v) is 3.07. The Bertz CT molecular complexity index is 972. The van der Waals surface area contributed by atoms with Crippen LogP contribution in [0.4, 0.5) is 5.69 Å². The summed E-state index contributed by atoms with van der Waals surface area (Å²) in [7, 11) is 0. The molecule has 2 aromatic carbocycles. The zero-order valence-electron chi connectivity index (χ0n) is 12.8. The average molecular weight is 451 g/mol. The molecule has 1 heterocycles. The van der Waals surface area contributed by atoms with Crippen molar-refractivity contribution < 1.29 is 9.32 Å². The SMILES string of the molecule is O=C(Nc1cccc(-c2cc(-c3c(Cl)ccc(Cl)c3Cl)no2)c1)C(Cl)Cl. The summed E-state index contributed by atoms with van der Waals surface area (Å²) in [6.07, 6.45) is 0. The Morgan fingerprint density at radius 3 is 2.50 bits per heavy atom. The predicted octanol–water partition coefficient (Wildman–Crippen LogP) is 6.71. The largest absolute Gasteiger partial charge is 0.356 e. The van der Waals surface area contributed by atoms with Gasteiger partial charge in [-0.3, -0.25) is 4.79 Å². The van der Waals surface area contributed by atoms with E-state index in [2.05, 4.69) is 10.5 Å². The molecule has 0 spiro atoms. The van der Waals surface area contributed by atoms with Gasteiger partial charge < -0.3 is 9.84 Å². The lowest BCUT2D eigenvalue weighted by molar-refractivity contribution is -0.114. The molecular formula is C17H9Cl5N2O2. The maximum Gasteiger partial charge on any atom is 0.257 e. The minimum Gasteiger partial charge on any atom is -0.356 e. The van der Waals surface area contributed by atoms with E-state index in [9.17, 15) is 4.79 Å². The van der Waals surface area contributed by atoms with Crippen LogP contribution in [0.25, 0.3) is 22.6 Å². The number of hydrogen-bond donors (Lipinski definition) is 1. The van der Waals surface area contributed by atoms with Gasteiger partial charge in [-0.05, 0) is 24.3 Å². The summed E-state index contributed by atoms with van der Waals surface area (Å²) < 4.78 is 5.39. The molecule has 0 bridgehead atoms. The van der Waals surface area contributed by atoms with Crippen LogP contribution in [0.3, 0.4) is 0 Å². The number of amides is 1. The first-order chi connectivity index (χ1) is 12.4. The zero-order chi connectivity index (χ0) is 18.8. The first-order valence-corrected chi connectivity index (χ1v) is 9.17. The number of carbonyl (C=O) groups excluding carboxylic acids is 1. The molecule has 0 radical (unpaired) electrons. The molecular weight excluding hydrogens is 441 g/mol. The van der Waals surface area contributed by atoms with E-state index in [0.717, 1.165) is 0 Å². The number of nitrogens with one attached hydrogen (secondary N) is 1. The highest BCUT2D eigenvalue weighted by Gasteiger charge is 2.17. The van der Waals surface area contributed by atoms with E-state index < -0.39 is 10.7 Å². The van der Waals surface area contributed by atoms with Crippen LogP contribution in [-0.4, -0.2) is 15.9 Å². The maximum atomic E-state index is 11.6. The van der Waals surface area contributed by atoms with Gasteiger partial charge in [-0.2, -0.15) is 0 Å². The van der Waals surface area contributed by atoms with Crippen LogP contribution in [0.5, 0.6) is 0 Å². The van der Waals surface area contributed by atoms with Crippen LogP contribution in [0.15, 0.2) is 47.0 Å². The summed E-state index contributed by atoms with van der Waals surface area (Å²) >= 11 is 29.6. The third-order valence-corrected chi connectivity index (χ3v) is 4.94. The maximum absolute atomic E-state index is 11.6. The molecule has 0 saturated carbocycles. The van der Waals surface area contributed by atoms with Crippen LogP contribution < -0.4 is 5.32 Å². The molecule has 1 amide bonds. The molecule has 1 N–H and O–H groups in total. The van der Waals surface area contributed by atoms with Gasteiger partial charge in [-0.25, -0.2) is 0 Å². The second kappa shape index (κ2) is 8.07. The standard InChI is InChI=1S/C17H9Cl5N2O2/c18-10-4-5-11(19)15(20)14(10)12-7-13(26-24-12)8-2-1-3-9(6-8)23-17(25)16(21)22/h1-7,16H,(H,23,25). The molecule has 3 rings (SSSR count). The van der Waals surface area contributed by atoms with Crippen molar-refractivity contribution in [2.24, 2.45) is 0 Å². The van der Waals surface area contributed by atoms with E-state index >= 15 is 0 Å². The second-order valence-electron chi connectivity index (χ2n) is 5.17. The van der Waals surface area contributed by atoms with Gasteiger partial charge in [-0.15, -0.1) is 0 Å². The lowest BCUT2D eigenvalue weighted by Gasteiger charge is -2.06. The van der Waals surface area contributed by atoms with E-state index in [4.69, 9.17) is 62.5 Å². The van der Waals surface area contributed by atoms with E-state index in [1.165, 1.54) is 0 Å². The highest BCUT2D eigenvalue weighted by Crippen LogP contribution is 2.39. The molecule has 0 aliphatic carbocycles. The minimum absolute atomic E-state index is 0.287. The fraction of sp³-hybridized carbons (Fsp3) is 0.0588. The monoisotopic (exact) mass is 448 g/mol. The van der Waals surface area contributed by atoms with Gasteiger partial charge in [0.2, 0.25) is 0 Å². The molecule has 9 heteroatoms. The average Bonchev–Trinajstić information content (AvgIpc) is 3.08. The van der Waals surface area contributed by atoms with Crippen LogP contribution in [0.1, 0.15) is 0 Å². The van der Waals surface area contributed by atoms with Gasteiger partial charge in [0.1, 0.15) is 5.69 Å². The third-order valence-electron chi connectivity index (χ3n) is 3.42. The molecule has 134 valence electrons. The molecule has 4 nitrogen and oxygen atoms in total. The van der Waals surface area contributed by atoms with Crippen LogP contribution in [0, 0.1) is 0 Å². The fourth-order valence-electron chi connectivity index (χ4n) is 2.24. The summed E-state index contributed by atoms with van der Waals surface area (Å²) in [6.45, 7) is 0. The van der Waals surface area contributed by atoms with E-state index in [1.54, 1.807) is 42.5 Å². The minimum atomic E-state index is -1.16. The van der Waals surface area contributed by atoms with E-state index in [1.807, 2.05) is 0 Å². The van der Waals surface area contributed by atoms with Crippen LogP contribution in [-0.2, 0) is 4.79 Å². The Morgan fingerprint density at radius 1 is 1.04 bits per heavy atom. The van der Waals surface area contributed by atoms with Crippen molar-refractivity contribution in [3.05, 3.63) is 57.5 Å². The van der Waals surface area contributed by atoms with Gasteiger partial charge in [0, 0.05) is 22.9 Å². The lowest BCUT2D eigenvalue weighted by atomic mass is 10.1. The van der Waals surface area contributed by atoms with Crippen molar-refractivity contribution in [2.45, 2.75) is 4.84 Å². The Kier molecular flexibility index (Phi) is 6.00. The van der Waals surface area contributed by atoms with Gasteiger partial charge in [0.05, 0.1) is 15.1 Å². The number of carbonyl (C=O) groups is 1. The number of halogens is 5. The molecule has 0 aliphatic heterocycles. The summed E-state index contributed by atoms with van der Waals surface area (Å²) in [5.41, 5.74) is 2.10. The number of alkyl halides is 2. The molecule has 1 aromatic heterocycles. The molecule has 0 aliphatic rings. The van der Waals surface area contributed by atoms with Crippen molar-refractivity contribution >= 4 is 69.6 Å². The smallest absolute Gasteiger partial charge is 0.257 e. The molecule has 26 heavy (non-hydrogen) atoms. The quantitative estimate of drug-likeness (QED) is 0.355. The highest BCUT2D eigenvalue weighted by molar-refractivity contribution is 6.54.